The normalized spacial score (nSPS) is 27.7. The van der Waals surface area contributed by atoms with Crippen LogP contribution in [0.2, 0.25) is 0 Å². The van der Waals surface area contributed by atoms with Gasteiger partial charge in [-0.3, -0.25) is 0 Å². The van der Waals surface area contributed by atoms with Crippen molar-refractivity contribution in [2.75, 3.05) is 4.43 Å². The van der Waals surface area contributed by atoms with Gasteiger partial charge in [-0.05, 0) is 18.4 Å². The van der Waals surface area contributed by atoms with Crippen molar-refractivity contribution >= 4 is 22.6 Å². The summed E-state index contributed by atoms with van der Waals surface area (Å²) in [4.78, 5) is 0. The zero-order chi connectivity index (χ0) is 10.9. The molecule has 1 aliphatic rings. The molecule has 15 heavy (non-hydrogen) atoms. The third-order valence-electron chi connectivity index (χ3n) is 3.63. The minimum atomic E-state index is -0.0156. The molecular weight excluding hydrogens is 299 g/mol. The number of alkyl halides is 1. The van der Waals surface area contributed by atoms with Crippen molar-refractivity contribution in [3.05, 3.63) is 35.9 Å². The van der Waals surface area contributed by atoms with Gasteiger partial charge >= 0.3 is 0 Å². The van der Waals surface area contributed by atoms with Crippen molar-refractivity contribution in [3.8, 4) is 0 Å². The molecule has 1 aromatic rings. The van der Waals surface area contributed by atoms with Gasteiger partial charge in [0.25, 0.3) is 0 Å². The van der Waals surface area contributed by atoms with Crippen LogP contribution in [0.25, 0.3) is 0 Å². The van der Waals surface area contributed by atoms with Crippen LogP contribution in [-0.4, -0.2) is 10.0 Å². The third kappa shape index (κ3) is 1.53. The number of benzene rings is 1. The van der Waals surface area contributed by atoms with Crippen LogP contribution in [0, 0.1) is 0 Å². The summed E-state index contributed by atoms with van der Waals surface area (Å²) >= 11 is 2.44. The highest BCUT2D eigenvalue weighted by atomic mass is 127. The first-order valence-electron chi connectivity index (χ1n) is 5.56. The fourth-order valence-corrected chi connectivity index (χ4v) is 3.82. The molecule has 2 heteroatoms. The van der Waals surface area contributed by atoms with E-state index in [-0.39, 0.29) is 11.2 Å². The Bertz CT molecular complexity index is 332. The van der Waals surface area contributed by atoms with E-state index in [1.807, 2.05) is 0 Å². The summed E-state index contributed by atoms with van der Waals surface area (Å²) in [6.45, 7) is 4.45. The summed E-state index contributed by atoms with van der Waals surface area (Å²) in [7, 11) is 0. The Morgan fingerprint density at radius 1 is 1.13 bits per heavy atom. The molecule has 1 heterocycles. The van der Waals surface area contributed by atoms with Crippen molar-refractivity contribution in [2.45, 2.75) is 37.9 Å². The monoisotopic (exact) mass is 316 g/mol. The van der Waals surface area contributed by atoms with Crippen LogP contribution in [0.1, 0.15) is 32.3 Å². The minimum Gasteiger partial charge on any atom is -0.357 e. The topological polar surface area (TPSA) is 12.5 Å². The first-order valence-corrected chi connectivity index (χ1v) is 7.09. The van der Waals surface area contributed by atoms with Crippen molar-refractivity contribution in [2.24, 2.45) is 0 Å². The van der Waals surface area contributed by atoms with Crippen LogP contribution in [0.15, 0.2) is 30.3 Å². The predicted octanol–water partition coefficient (Wildman–Crippen LogP) is 3.91. The Morgan fingerprint density at radius 2 is 1.73 bits per heavy atom. The lowest BCUT2D eigenvalue weighted by atomic mass is 9.84. The van der Waals surface area contributed by atoms with E-state index in [1.165, 1.54) is 5.56 Å². The second-order valence-electron chi connectivity index (χ2n) is 4.13. The maximum absolute atomic E-state index is 6.12. The second kappa shape index (κ2) is 4.06. The van der Waals surface area contributed by atoms with Gasteiger partial charge in [0.2, 0.25) is 0 Å². The zero-order valence-electron chi connectivity index (χ0n) is 9.29. The van der Waals surface area contributed by atoms with E-state index in [2.05, 4.69) is 66.8 Å². The van der Waals surface area contributed by atoms with Gasteiger partial charge in [-0.1, -0.05) is 66.8 Å². The number of ether oxygens (including phenoxy) is 1. The molecule has 1 saturated heterocycles. The Balaban J connectivity index is 2.35. The van der Waals surface area contributed by atoms with E-state index >= 15 is 0 Å². The predicted molar refractivity (Wildman–Crippen MR) is 71.4 cm³/mol. The van der Waals surface area contributed by atoms with Gasteiger partial charge in [0.15, 0.2) is 0 Å². The molecule has 0 amide bonds. The largest absolute Gasteiger partial charge is 0.357 e. The van der Waals surface area contributed by atoms with Crippen LogP contribution in [0.5, 0.6) is 0 Å². The molecule has 0 unspecified atom stereocenters. The van der Waals surface area contributed by atoms with Gasteiger partial charge in [0, 0.05) is 4.43 Å². The molecule has 0 aromatic heterocycles. The number of hydrogen-bond acceptors (Lipinski definition) is 1. The fourth-order valence-electron chi connectivity index (χ4n) is 2.53. The molecule has 0 N–H and O–H groups in total. The van der Waals surface area contributed by atoms with Crippen LogP contribution in [0.3, 0.4) is 0 Å². The Morgan fingerprint density at radius 3 is 2.13 bits per heavy atom. The lowest BCUT2D eigenvalue weighted by Crippen LogP contribution is -2.24. The molecule has 1 aliphatic heterocycles. The molecule has 1 aromatic carbocycles. The van der Waals surface area contributed by atoms with Crippen LogP contribution < -0.4 is 0 Å². The maximum Gasteiger partial charge on any atom is 0.132 e. The second-order valence-corrected chi connectivity index (χ2v) is 4.89. The third-order valence-corrected chi connectivity index (χ3v) is 4.71. The molecule has 1 atom stereocenters. The molecular formula is C13H17IO. The van der Waals surface area contributed by atoms with Crippen LogP contribution in [0.4, 0.5) is 0 Å². The number of halogens is 1. The van der Waals surface area contributed by atoms with Crippen LogP contribution in [-0.2, 0) is 10.3 Å². The number of hydrogen-bond donors (Lipinski definition) is 0. The highest BCUT2D eigenvalue weighted by Gasteiger charge is 2.67. The highest BCUT2D eigenvalue weighted by Crippen LogP contribution is 2.60. The fraction of sp³-hybridized carbons (Fsp3) is 0.538. The van der Waals surface area contributed by atoms with Gasteiger partial charge in [0.05, 0.1) is 0 Å². The number of rotatable bonds is 4. The van der Waals surface area contributed by atoms with Crippen LogP contribution >= 0.6 is 22.6 Å². The van der Waals surface area contributed by atoms with Gasteiger partial charge in [-0.15, -0.1) is 0 Å². The summed E-state index contributed by atoms with van der Waals surface area (Å²) in [6.07, 6.45) is 2.20. The highest BCUT2D eigenvalue weighted by molar-refractivity contribution is 14.1. The Kier molecular flexibility index (Phi) is 3.08. The molecule has 0 spiro atoms. The SMILES string of the molecule is CCC1(CC)O[C@@]1(CI)c1ccccc1. The first-order chi connectivity index (χ1) is 7.24. The maximum atomic E-state index is 6.12. The van der Waals surface area contributed by atoms with Gasteiger partial charge in [-0.25, -0.2) is 0 Å². The van der Waals surface area contributed by atoms with Crippen molar-refractivity contribution in [3.63, 3.8) is 0 Å². The molecule has 1 nitrogen and oxygen atoms in total. The molecule has 2 rings (SSSR count). The lowest BCUT2D eigenvalue weighted by molar-refractivity contribution is 0.262. The van der Waals surface area contributed by atoms with Crippen molar-refractivity contribution < 1.29 is 4.74 Å². The summed E-state index contributed by atoms with van der Waals surface area (Å²) in [5, 5.41) is 0. The minimum absolute atomic E-state index is 0.0156. The van der Waals surface area contributed by atoms with Gasteiger partial charge in [-0.2, -0.15) is 0 Å². The summed E-state index contributed by atoms with van der Waals surface area (Å²) in [5.41, 5.74) is 1.41. The van der Waals surface area contributed by atoms with E-state index in [0.717, 1.165) is 17.3 Å². The molecule has 0 bridgehead atoms. The van der Waals surface area contributed by atoms with E-state index in [4.69, 9.17) is 4.74 Å². The van der Waals surface area contributed by atoms with E-state index < -0.39 is 0 Å². The molecule has 1 fully saturated rings. The van der Waals surface area contributed by atoms with E-state index in [1.54, 1.807) is 0 Å². The molecule has 82 valence electrons. The molecule has 0 aliphatic carbocycles. The molecule has 0 radical (unpaired) electrons. The molecule has 0 saturated carbocycles. The average Bonchev–Trinajstić information content (AvgIpc) is 3.01. The van der Waals surface area contributed by atoms with Crippen molar-refractivity contribution in [1.29, 1.82) is 0 Å². The zero-order valence-corrected chi connectivity index (χ0v) is 11.5. The van der Waals surface area contributed by atoms with Gasteiger partial charge in [0.1, 0.15) is 11.2 Å². The quantitative estimate of drug-likeness (QED) is 0.466. The standard InChI is InChI=1S/C13H17IO/c1-3-12(4-2)13(10-14,15-12)11-8-6-5-7-9-11/h5-9H,3-4,10H2,1-2H3/t13-/m0/s1. The lowest BCUT2D eigenvalue weighted by Gasteiger charge is -2.16. The summed E-state index contributed by atoms with van der Waals surface area (Å²) < 4.78 is 7.16. The summed E-state index contributed by atoms with van der Waals surface area (Å²) in [6, 6.07) is 10.6. The average molecular weight is 316 g/mol. The Hall–Kier alpha value is -0.0900. The van der Waals surface area contributed by atoms with Gasteiger partial charge < -0.3 is 4.74 Å². The smallest absolute Gasteiger partial charge is 0.132 e. The Labute approximate surface area is 105 Å². The first kappa shape index (κ1) is 11.4. The van der Waals surface area contributed by atoms with E-state index in [9.17, 15) is 0 Å². The summed E-state index contributed by atoms with van der Waals surface area (Å²) in [5.74, 6) is 0. The number of epoxide rings is 1. The van der Waals surface area contributed by atoms with E-state index in [0.29, 0.717) is 0 Å². The van der Waals surface area contributed by atoms with Crippen molar-refractivity contribution in [1.82, 2.24) is 0 Å².